The fourth-order valence-corrected chi connectivity index (χ4v) is 2.00. The van der Waals surface area contributed by atoms with Crippen LogP contribution in [0.15, 0.2) is 0 Å². The molecule has 0 aromatic rings. The van der Waals surface area contributed by atoms with Crippen molar-refractivity contribution in [2.75, 3.05) is 6.54 Å². The Morgan fingerprint density at radius 3 is 2.93 bits per heavy atom. The van der Waals surface area contributed by atoms with Gasteiger partial charge in [0.1, 0.15) is 6.04 Å². The van der Waals surface area contributed by atoms with Crippen LogP contribution in [0.3, 0.4) is 0 Å². The third-order valence-corrected chi connectivity index (χ3v) is 2.73. The normalized spacial score (nSPS) is 34.0. The summed E-state index contributed by atoms with van der Waals surface area (Å²) in [6.07, 6.45) is -0.431. The molecule has 3 atom stereocenters. The van der Waals surface area contributed by atoms with Crippen molar-refractivity contribution in [3.8, 4) is 0 Å². The molecular formula is C9H13NO4. The number of carbonyl (C=O) groups is 2. The van der Waals surface area contributed by atoms with Gasteiger partial charge in [0.05, 0.1) is 6.10 Å². The molecule has 0 aromatic carbocycles. The number of hydrogen-bond acceptors (Lipinski definition) is 4. The van der Waals surface area contributed by atoms with Crippen molar-refractivity contribution in [3.63, 3.8) is 0 Å². The molecule has 1 amide bonds. The lowest BCUT2D eigenvalue weighted by molar-refractivity contribution is -0.182. The number of esters is 1. The summed E-state index contributed by atoms with van der Waals surface area (Å²) in [5.74, 6) is -0.643. The highest BCUT2D eigenvalue weighted by molar-refractivity contribution is 5.93. The minimum atomic E-state index is -1.00. The predicted molar refractivity (Wildman–Crippen MR) is 46.3 cm³/mol. The van der Waals surface area contributed by atoms with E-state index in [-0.39, 0.29) is 11.9 Å². The van der Waals surface area contributed by atoms with Crippen LogP contribution < -0.4 is 0 Å². The number of nitrogens with zero attached hydrogens (tertiary/aromatic N) is 1. The number of ether oxygens (including phenoxy) is 1. The predicted octanol–water partition coefficient (Wildman–Crippen LogP) is -0.716. The lowest BCUT2D eigenvalue weighted by atomic mass is 10.1. The second-order valence-corrected chi connectivity index (χ2v) is 3.79. The number of cyclic esters (lactones) is 1. The third kappa shape index (κ3) is 1.28. The van der Waals surface area contributed by atoms with Crippen LogP contribution >= 0.6 is 0 Å². The van der Waals surface area contributed by atoms with Crippen LogP contribution in [0, 0.1) is 0 Å². The van der Waals surface area contributed by atoms with Crippen LogP contribution in [0.2, 0.25) is 0 Å². The largest absolute Gasteiger partial charge is 0.448 e. The van der Waals surface area contributed by atoms with Gasteiger partial charge in [-0.1, -0.05) is 0 Å². The van der Waals surface area contributed by atoms with Crippen molar-refractivity contribution >= 4 is 11.9 Å². The Kier molecular flexibility index (Phi) is 2.19. The van der Waals surface area contributed by atoms with E-state index in [1.165, 1.54) is 11.8 Å². The molecule has 0 spiro atoms. The number of aliphatic hydroxyl groups is 1. The van der Waals surface area contributed by atoms with E-state index in [9.17, 15) is 14.7 Å². The molecule has 2 rings (SSSR count). The topological polar surface area (TPSA) is 66.8 Å². The van der Waals surface area contributed by atoms with Crippen LogP contribution in [0.4, 0.5) is 0 Å². The summed E-state index contributed by atoms with van der Waals surface area (Å²) in [7, 11) is 0. The average Bonchev–Trinajstić information content (AvgIpc) is 2.59. The first kappa shape index (κ1) is 9.45. The third-order valence-electron chi connectivity index (χ3n) is 2.73. The fraction of sp³-hybridized carbons (Fsp3) is 0.778. The van der Waals surface area contributed by atoms with Gasteiger partial charge in [0.25, 0.3) is 5.91 Å². The standard InChI is InChI=1S/C9H13NO4/c1-5(11)7-8(12)10-4-2-3-6(10)9(13)14-7/h5-7,11H,2-4H2,1H3/t5-,6-,7+/m1/s1. The summed E-state index contributed by atoms with van der Waals surface area (Å²) in [5.41, 5.74) is 0. The Labute approximate surface area is 81.6 Å². The maximum Gasteiger partial charge on any atom is 0.329 e. The van der Waals surface area contributed by atoms with Gasteiger partial charge in [0, 0.05) is 6.54 Å². The van der Waals surface area contributed by atoms with E-state index in [2.05, 4.69) is 0 Å². The van der Waals surface area contributed by atoms with Gasteiger partial charge in [-0.3, -0.25) is 4.79 Å². The second-order valence-electron chi connectivity index (χ2n) is 3.79. The first-order valence-corrected chi connectivity index (χ1v) is 4.80. The molecule has 0 aliphatic carbocycles. The molecule has 0 aromatic heterocycles. The first-order chi connectivity index (χ1) is 6.61. The van der Waals surface area contributed by atoms with Crippen molar-refractivity contribution < 1.29 is 19.4 Å². The molecule has 0 bridgehead atoms. The molecule has 0 unspecified atom stereocenters. The summed E-state index contributed by atoms with van der Waals surface area (Å²) in [5, 5.41) is 9.26. The molecule has 2 aliphatic rings. The lowest BCUT2D eigenvalue weighted by Gasteiger charge is -2.34. The quantitative estimate of drug-likeness (QED) is 0.566. The molecule has 2 aliphatic heterocycles. The Morgan fingerprint density at radius 1 is 1.57 bits per heavy atom. The summed E-state index contributed by atoms with van der Waals surface area (Å²) in [6.45, 7) is 2.05. The van der Waals surface area contributed by atoms with Crippen molar-refractivity contribution in [2.24, 2.45) is 0 Å². The van der Waals surface area contributed by atoms with Gasteiger partial charge in [-0.2, -0.15) is 0 Å². The van der Waals surface area contributed by atoms with Gasteiger partial charge >= 0.3 is 5.97 Å². The van der Waals surface area contributed by atoms with Crippen LogP contribution in [0.25, 0.3) is 0 Å². The Balaban J connectivity index is 2.20. The monoisotopic (exact) mass is 199 g/mol. The zero-order valence-electron chi connectivity index (χ0n) is 7.97. The smallest absolute Gasteiger partial charge is 0.329 e. The molecule has 1 N–H and O–H groups in total. The van der Waals surface area contributed by atoms with Gasteiger partial charge in [0.15, 0.2) is 0 Å². The zero-order valence-corrected chi connectivity index (χ0v) is 7.97. The highest BCUT2D eigenvalue weighted by Gasteiger charge is 2.46. The van der Waals surface area contributed by atoms with Gasteiger partial charge in [-0.25, -0.2) is 4.79 Å². The molecule has 0 radical (unpaired) electrons. The molecule has 5 nitrogen and oxygen atoms in total. The van der Waals surface area contributed by atoms with E-state index in [1.54, 1.807) is 0 Å². The summed E-state index contributed by atoms with van der Waals surface area (Å²) in [4.78, 5) is 24.6. The highest BCUT2D eigenvalue weighted by Crippen LogP contribution is 2.25. The Hall–Kier alpha value is -1.10. The highest BCUT2D eigenvalue weighted by atomic mass is 16.6. The zero-order chi connectivity index (χ0) is 10.3. The fourth-order valence-electron chi connectivity index (χ4n) is 2.00. The lowest BCUT2D eigenvalue weighted by Crippen LogP contribution is -2.56. The molecular weight excluding hydrogens is 186 g/mol. The maximum atomic E-state index is 11.7. The number of rotatable bonds is 1. The van der Waals surface area contributed by atoms with Crippen molar-refractivity contribution in [2.45, 2.75) is 38.0 Å². The molecule has 2 fully saturated rings. The molecule has 2 saturated heterocycles. The van der Waals surface area contributed by atoms with Crippen LogP contribution in [-0.2, 0) is 14.3 Å². The van der Waals surface area contributed by atoms with Crippen LogP contribution in [-0.4, -0.2) is 46.7 Å². The molecule has 5 heteroatoms. The van der Waals surface area contributed by atoms with Crippen molar-refractivity contribution in [1.82, 2.24) is 4.90 Å². The molecule has 0 saturated carbocycles. The van der Waals surface area contributed by atoms with E-state index in [0.29, 0.717) is 13.0 Å². The molecule has 14 heavy (non-hydrogen) atoms. The summed E-state index contributed by atoms with van der Waals surface area (Å²) >= 11 is 0. The number of aliphatic hydroxyl groups excluding tert-OH is 1. The van der Waals surface area contributed by atoms with Gasteiger partial charge in [0.2, 0.25) is 6.10 Å². The van der Waals surface area contributed by atoms with Crippen LogP contribution in [0.5, 0.6) is 0 Å². The number of morpholine rings is 1. The van der Waals surface area contributed by atoms with Crippen molar-refractivity contribution in [3.05, 3.63) is 0 Å². The maximum absolute atomic E-state index is 11.7. The Morgan fingerprint density at radius 2 is 2.29 bits per heavy atom. The van der Waals surface area contributed by atoms with Crippen LogP contribution in [0.1, 0.15) is 19.8 Å². The number of hydrogen-bond donors (Lipinski definition) is 1. The van der Waals surface area contributed by atoms with E-state index in [1.807, 2.05) is 0 Å². The molecule has 78 valence electrons. The van der Waals surface area contributed by atoms with E-state index in [0.717, 1.165) is 6.42 Å². The SMILES string of the molecule is C[C@@H](O)[C@@H]1OC(=O)[C@H]2CCCN2C1=O. The summed E-state index contributed by atoms with van der Waals surface area (Å²) < 4.78 is 4.89. The van der Waals surface area contributed by atoms with E-state index >= 15 is 0 Å². The van der Waals surface area contributed by atoms with Gasteiger partial charge < -0.3 is 14.7 Å². The summed E-state index contributed by atoms with van der Waals surface area (Å²) in [6, 6.07) is -0.405. The minimum absolute atomic E-state index is 0.262. The van der Waals surface area contributed by atoms with E-state index in [4.69, 9.17) is 4.74 Å². The van der Waals surface area contributed by atoms with Crippen molar-refractivity contribution in [1.29, 1.82) is 0 Å². The number of carbonyl (C=O) groups excluding carboxylic acids is 2. The average molecular weight is 199 g/mol. The van der Waals surface area contributed by atoms with E-state index < -0.39 is 18.2 Å². The van der Waals surface area contributed by atoms with Gasteiger partial charge in [-0.05, 0) is 19.8 Å². The van der Waals surface area contributed by atoms with Gasteiger partial charge in [-0.15, -0.1) is 0 Å². The minimum Gasteiger partial charge on any atom is -0.448 e. The Bertz CT molecular complexity index is 272. The first-order valence-electron chi connectivity index (χ1n) is 4.80. The number of fused-ring (bicyclic) bond motifs is 1. The second kappa shape index (κ2) is 3.24. The number of amides is 1. The molecule has 2 heterocycles.